The molecule has 1 aliphatic heterocycles. The van der Waals surface area contributed by atoms with Crippen molar-refractivity contribution >= 4 is 29.1 Å². The van der Waals surface area contributed by atoms with Crippen molar-refractivity contribution in [2.24, 2.45) is 0 Å². The Morgan fingerprint density at radius 1 is 0.839 bits per heavy atom. The van der Waals surface area contributed by atoms with Gasteiger partial charge in [0.1, 0.15) is 0 Å². The lowest BCUT2D eigenvalue weighted by atomic mass is 9.99. The number of amides is 2. The third-order valence-electron chi connectivity index (χ3n) is 5.46. The molecule has 5 nitrogen and oxygen atoms in total. The van der Waals surface area contributed by atoms with E-state index in [1.54, 1.807) is 11.0 Å². The van der Waals surface area contributed by atoms with Gasteiger partial charge in [0.15, 0.2) is 0 Å². The molecule has 158 valence electrons. The summed E-state index contributed by atoms with van der Waals surface area (Å²) in [4.78, 5) is 29.5. The number of hydrogen-bond donors (Lipinski definition) is 1. The van der Waals surface area contributed by atoms with E-state index in [0.29, 0.717) is 23.7 Å². The van der Waals surface area contributed by atoms with Crippen LogP contribution in [0.1, 0.15) is 10.4 Å². The van der Waals surface area contributed by atoms with Crippen LogP contribution < -0.4 is 10.2 Å². The number of halogens is 1. The maximum Gasteiger partial charge on any atom is 0.252 e. The summed E-state index contributed by atoms with van der Waals surface area (Å²) < 4.78 is 0. The highest BCUT2D eigenvalue weighted by atomic mass is 35.5. The fraction of sp³-hybridized carbons (Fsp3) is 0.200. The quantitative estimate of drug-likeness (QED) is 0.659. The second-order valence-corrected chi connectivity index (χ2v) is 7.88. The van der Waals surface area contributed by atoms with Crippen molar-refractivity contribution in [3.63, 3.8) is 0 Å². The molecule has 0 radical (unpaired) electrons. The average Bonchev–Trinajstić information content (AvgIpc) is 2.83. The fourth-order valence-corrected chi connectivity index (χ4v) is 3.98. The summed E-state index contributed by atoms with van der Waals surface area (Å²) in [7, 11) is 0. The maximum absolute atomic E-state index is 12.8. The molecule has 0 bridgehead atoms. The second-order valence-electron chi connectivity index (χ2n) is 7.44. The number of piperazine rings is 1. The lowest BCUT2D eigenvalue weighted by Gasteiger charge is -2.36. The van der Waals surface area contributed by atoms with Crippen LogP contribution in [0.5, 0.6) is 0 Å². The average molecular weight is 434 g/mol. The predicted molar refractivity (Wildman–Crippen MR) is 124 cm³/mol. The molecule has 0 spiro atoms. The first-order valence-electron chi connectivity index (χ1n) is 10.3. The van der Waals surface area contributed by atoms with E-state index in [1.165, 1.54) is 0 Å². The molecule has 3 aromatic carbocycles. The molecule has 1 aliphatic rings. The summed E-state index contributed by atoms with van der Waals surface area (Å²) in [5.41, 5.74) is 3.44. The van der Waals surface area contributed by atoms with Crippen LogP contribution in [0.15, 0.2) is 78.9 Å². The van der Waals surface area contributed by atoms with E-state index in [-0.39, 0.29) is 18.4 Å². The van der Waals surface area contributed by atoms with Gasteiger partial charge in [-0.15, -0.1) is 0 Å². The summed E-state index contributed by atoms with van der Waals surface area (Å²) in [5.74, 6) is -0.318. The standard InChI is InChI=1S/C25H24ClN3O2/c26-20-9-6-10-21(17-20)28-13-15-29(16-14-28)24(30)18-27-25(31)23-12-5-4-11-22(23)19-7-2-1-3-8-19/h1-12,17H,13-16,18H2,(H,27,31). The van der Waals surface area contributed by atoms with Crippen molar-refractivity contribution in [3.05, 3.63) is 89.4 Å². The van der Waals surface area contributed by atoms with Crippen molar-refractivity contribution in [1.29, 1.82) is 0 Å². The topological polar surface area (TPSA) is 52.7 Å². The fourth-order valence-electron chi connectivity index (χ4n) is 3.80. The first-order valence-corrected chi connectivity index (χ1v) is 10.7. The summed E-state index contributed by atoms with van der Waals surface area (Å²) in [5, 5.41) is 3.50. The third kappa shape index (κ3) is 5.06. The van der Waals surface area contributed by atoms with Crippen LogP contribution in [0.2, 0.25) is 5.02 Å². The first kappa shape index (κ1) is 20.9. The SMILES string of the molecule is O=C(NCC(=O)N1CCN(c2cccc(Cl)c2)CC1)c1ccccc1-c1ccccc1. The van der Waals surface area contributed by atoms with E-state index >= 15 is 0 Å². The zero-order valence-corrected chi connectivity index (χ0v) is 17.9. The number of anilines is 1. The Morgan fingerprint density at radius 3 is 2.29 bits per heavy atom. The van der Waals surface area contributed by atoms with E-state index < -0.39 is 0 Å². The molecule has 0 unspecified atom stereocenters. The van der Waals surface area contributed by atoms with Gasteiger partial charge in [-0.25, -0.2) is 0 Å². The number of rotatable bonds is 5. The molecule has 2 amide bonds. The number of hydrogen-bond acceptors (Lipinski definition) is 3. The molecule has 0 atom stereocenters. The molecule has 3 aromatic rings. The molecule has 31 heavy (non-hydrogen) atoms. The minimum absolute atomic E-state index is 0.0148. The van der Waals surface area contributed by atoms with E-state index in [0.717, 1.165) is 29.9 Å². The van der Waals surface area contributed by atoms with Gasteiger partial charge in [0.25, 0.3) is 5.91 Å². The summed E-state index contributed by atoms with van der Waals surface area (Å²) in [6, 6.07) is 24.9. The predicted octanol–water partition coefficient (Wildman–Crippen LogP) is 4.09. The Balaban J connectivity index is 1.33. The summed E-state index contributed by atoms with van der Waals surface area (Å²) >= 11 is 6.08. The molecule has 1 heterocycles. The van der Waals surface area contributed by atoms with Crippen molar-refractivity contribution in [3.8, 4) is 11.1 Å². The second kappa shape index (κ2) is 9.67. The number of carbonyl (C=O) groups excluding carboxylic acids is 2. The van der Waals surface area contributed by atoms with Crippen molar-refractivity contribution in [1.82, 2.24) is 10.2 Å². The van der Waals surface area contributed by atoms with E-state index in [1.807, 2.05) is 72.8 Å². The summed E-state index contributed by atoms with van der Waals surface area (Å²) in [6.45, 7) is 2.68. The smallest absolute Gasteiger partial charge is 0.252 e. The van der Waals surface area contributed by atoms with Crippen LogP contribution in [-0.2, 0) is 4.79 Å². The number of benzene rings is 3. The van der Waals surface area contributed by atoms with Gasteiger partial charge in [-0.1, -0.05) is 66.2 Å². The maximum atomic E-state index is 12.8. The van der Waals surface area contributed by atoms with Gasteiger partial charge in [0, 0.05) is 42.5 Å². The van der Waals surface area contributed by atoms with Crippen molar-refractivity contribution < 1.29 is 9.59 Å². The lowest BCUT2D eigenvalue weighted by molar-refractivity contribution is -0.130. The number of nitrogens with zero attached hydrogens (tertiary/aromatic N) is 2. The zero-order valence-electron chi connectivity index (χ0n) is 17.1. The molecule has 1 saturated heterocycles. The Bertz CT molecular complexity index is 1060. The highest BCUT2D eigenvalue weighted by Crippen LogP contribution is 2.23. The van der Waals surface area contributed by atoms with Crippen LogP contribution in [0.3, 0.4) is 0 Å². The van der Waals surface area contributed by atoms with Gasteiger partial charge in [0.05, 0.1) is 6.54 Å². The highest BCUT2D eigenvalue weighted by molar-refractivity contribution is 6.30. The lowest BCUT2D eigenvalue weighted by Crippen LogP contribution is -2.51. The number of carbonyl (C=O) groups is 2. The largest absolute Gasteiger partial charge is 0.368 e. The van der Waals surface area contributed by atoms with Gasteiger partial charge >= 0.3 is 0 Å². The van der Waals surface area contributed by atoms with Gasteiger partial charge in [-0.05, 0) is 35.4 Å². The van der Waals surface area contributed by atoms with Crippen molar-refractivity contribution in [2.45, 2.75) is 0 Å². The van der Waals surface area contributed by atoms with E-state index in [4.69, 9.17) is 11.6 Å². The highest BCUT2D eigenvalue weighted by Gasteiger charge is 2.22. The third-order valence-corrected chi connectivity index (χ3v) is 5.70. The van der Waals surface area contributed by atoms with Crippen molar-refractivity contribution in [2.75, 3.05) is 37.6 Å². The Hall–Kier alpha value is -3.31. The molecular weight excluding hydrogens is 410 g/mol. The molecule has 6 heteroatoms. The van der Waals surface area contributed by atoms with Crippen LogP contribution in [0.25, 0.3) is 11.1 Å². The van der Waals surface area contributed by atoms with Crippen LogP contribution in [0, 0.1) is 0 Å². The van der Waals surface area contributed by atoms with Crippen LogP contribution >= 0.6 is 11.6 Å². The molecule has 4 rings (SSSR count). The summed E-state index contributed by atoms with van der Waals surface area (Å²) in [6.07, 6.45) is 0. The molecule has 1 fully saturated rings. The normalized spacial score (nSPS) is 13.7. The Morgan fingerprint density at radius 2 is 1.55 bits per heavy atom. The Labute approximate surface area is 187 Å². The molecular formula is C25H24ClN3O2. The van der Waals surface area contributed by atoms with E-state index in [9.17, 15) is 9.59 Å². The first-order chi connectivity index (χ1) is 15.1. The van der Waals surface area contributed by atoms with Gasteiger partial charge < -0.3 is 15.1 Å². The Kier molecular flexibility index (Phi) is 6.53. The zero-order chi connectivity index (χ0) is 21.6. The molecule has 0 aromatic heterocycles. The van der Waals surface area contributed by atoms with Gasteiger partial charge in [-0.3, -0.25) is 9.59 Å². The van der Waals surface area contributed by atoms with Gasteiger partial charge in [0.2, 0.25) is 5.91 Å². The molecule has 1 N–H and O–H groups in total. The van der Waals surface area contributed by atoms with Gasteiger partial charge in [-0.2, -0.15) is 0 Å². The monoisotopic (exact) mass is 433 g/mol. The minimum atomic E-state index is -0.245. The van der Waals surface area contributed by atoms with E-state index in [2.05, 4.69) is 10.2 Å². The molecule has 0 saturated carbocycles. The minimum Gasteiger partial charge on any atom is -0.368 e. The molecule has 0 aliphatic carbocycles. The van der Waals surface area contributed by atoms with Crippen LogP contribution in [0.4, 0.5) is 5.69 Å². The van der Waals surface area contributed by atoms with Crippen LogP contribution in [-0.4, -0.2) is 49.4 Å². The number of nitrogens with one attached hydrogen (secondary N) is 1.